The van der Waals surface area contributed by atoms with Crippen LogP contribution in [0.1, 0.15) is 19.4 Å². The predicted molar refractivity (Wildman–Crippen MR) is 59.8 cm³/mol. The molecular formula is C9H11F3N4S. The van der Waals surface area contributed by atoms with Gasteiger partial charge in [-0.05, 0) is 25.4 Å². The molecule has 0 atom stereocenters. The number of nitrogens with two attached hydrogens (primary N) is 1. The number of hydrogen-bond donors (Lipinski definition) is 1. The lowest BCUT2D eigenvalue weighted by Crippen LogP contribution is -2.39. The molecule has 0 spiro atoms. The number of hydrogen-bond acceptors (Lipinski definition) is 5. The van der Waals surface area contributed by atoms with Crippen LogP contribution in [0.15, 0.2) is 0 Å². The van der Waals surface area contributed by atoms with Crippen molar-refractivity contribution in [3.05, 3.63) is 5.56 Å². The smallest absolute Gasteiger partial charge is 0.382 e. The Morgan fingerprint density at radius 2 is 2.12 bits per heavy atom. The van der Waals surface area contributed by atoms with Gasteiger partial charge in [0.2, 0.25) is 0 Å². The lowest BCUT2D eigenvalue weighted by molar-refractivity contribution is -0.120. The Morgan fingerprint density at radius 3 is 2.53 bits per heavy atom. The van der Waals surface area contributed by atoms with E-state index in [1.165, 1.54) is 0 Å². The monoisotopic (exact) mass is 264 g/mol. The van der Waals surface area contributed by atoms with Gasteiger partial charge in [0.25, 0.3) is 0 Å². The fourth-order valence-electron chi connectivity index (χ4n) is 1.28. The van der Waals surface area contributed by atoms with Gasteiger partial charge in [-0.3, -0.25) is 0 Å². The molecule has 0 fully saturated rings. The zero-order chi connectivity index (χ0) is 13.2. The summed E-state index contributed by atoms with van der Waals surface area (Å²) in [7, 11) is 0. The topological polar surface area (TPSA) is 65.9 Å². The van der Waals surface area contributed by atoms with Crippen molar-refractivity contribution in [3.63, 3.8) is 0 Å². The van der Waals surface area contributed by atoms with Crippen LogP contribution in [0.3, 0.4) is 0 Å². The quantitative estimate of drug-likeness (QED) is 0.910. The number of nitriles is 1. The van der Waals surface area contributed by atoms with E-state index >= 15 is 0 Å². The fourth-order valence-corrected chi connectivity index (χ4v) is 2.17. The Morgan fingerprint density at radius 1 is 1.53 bits per heavy atom. The van der Waals surface area contributed by atoms with E-state index in [9.17, 15) is 13.2 Å². The van der Waals surface area contributed by atoms with Crippen LogP contribution in [0.25, 0.3) is 0 Å². The summed E-state index contributed by atoms with van der Waals surface area (Å²) < 4.78 is 41.0. The van der Waals surface area contributed by atoms with E-state index in [-0.39, 0.29) is 16.4 Å². The second-order valence-electron chi connectivity index (χ2n) is 3.70. The molecule has 17 heavy (non-hydrogen) atoms. The lowest BCUT2D eigenvalue weighted by atomic mass is 10.2. The van der Waals surface area contributed by atoms with Crippen LogP contribution in [0, 0.1) is 11.3 Å². The molecule has 1 heterocycles. The number of nitrogens with zero attached hydrogens (tertiary/aromatic N) is 3. The van der Waals surface area contributed by atoms with Crippen LogP contribution >= 0.6 is 11.5 Å². The maximum atomic E-state index is 12.4. The Balaban J connectivity index is 3.11. The Bertz CT molecular complexity index is 432. The molecule has 1 aromatic rings. The van der Waals surface area contributed by atoms with Gasteiger partial charge in [-0.15, -0.1) is 0 Å². The third kappa shape index (κ3) is 3.23. The van der Waals surface area contributed by atoms with Crippen LogP contribution < -0.4 is 10.6 Å². The number of nitrogen functional groups attached to an aromatic ring is 1. The van der Waals surface area contributed by atoms with Gasteiger partial charge in [-0.25, -0.2) is 0 Å². The first kappa shape index (κ1) is 13.6. The molecule has 0 bridgehead atoms. The molecule has 2 N–H and O–H groups in total. The van der Waals surface area contributed by atoms with Crippen molar-refractivity contribution >= 4 is 22.4 Å². The van der Waals surface area contributed by atoms with Gasteiger partial charge in [0, 0.05) is 6.04 Å². The van der Waals surface area contributed by atoms with Crippen molar-refractivity contribution in [1.29, 1.82) is 5.26 Å². The highest BCUT2D eigenvalue weighted by molar-refractivity contribution is 7.10. The molecule has 0 aliphatic rings. The molecular weight excluding hydrogens is 253 g/mol. The van der Waals surface area contributed by atoms with E-state index < -0.39 is 18.8 Å². The largest absolute Gasteiger partial charge is 0.405 e. The van der Waals surface area contributed by atoms with E-state index in [1.807, 2.05) is 0 Å². The molecule has 1 aromatic heterocycles. The van der Waals surface area contributed by atoms with Crippen LogP contribution in [-0.4, -0.2) is 23.1 Å². The van der Waals surface area contributed by atoms with E-state index in [2.05, 4.69) is 4.37 Å². The summed E-state index contributed by atoms with van der Waals surface area (Å²) in [5.41, 5.74) is 5.43. The number of aromatic nitrogens is 1. The summed E-state index contributed by atoms with van der Waals surface area (Å²) in [6.45, 7) is 2.10. The minimum Gasteiger partial charge on any atom is -0.382 e. The van der Waals surface area contributed by atoms with Crippen LogP contribution in [0.2, 0.25) is 0 Å². The number of rotatable bonds is 3. The minimum atomic E-state index is -4.34. The zero-order valence-corrected chi connectivity index (χ0v) is 10.1. The molecule has 0 aliphatic carbocycles. The SMILES string of the molecule is CC(C)N(CC(F)(F)F)c1snc(N)c1C#N. The Labute approximate surface area is 101 Å². The molecule has 0 unspecified atom stereocenters. The van der Waals surface area contributed by atoms with Gasteiger partial charge in [0.05, 0.1) is 0 Å². The molecule has 94 valence electrons. The Hall–Kier alpha value is -1.49. The van der Waals surface area contributed by atoms with Gasteiger partial charge >= 0.3 is 6.18 Å². The van der Waals surface area contributed by atoms with E-state index in [1.54, 1.807) is 19.9 Å². The third-order valence-corrected chi connectivity index (χ3v) is 2.95. The van der Waals surface area contributed by atoms with Crippen molar-refractivity contribution in [3.8, 4) is 6.07 Å². The summed E-state index contributed by atoms with van der Waals surface area (Å²) in [6.07, 6.45) is -4.34. The van der Waals surface area contributed by atoms with Gasteiger partial charge in [0.1, 0.15) is 23.2 Å². The molecule has 4 nitrogen and oxygen atoms in total. The summed E-state index contributed by atoms with van der Waals surface area (Å²) >= 11 is 0.806. The number of halogens is 3. The average Bonchev–Trinajstić information content (AvgIpc) is 2.54. The average molecular weight is 264 g/mol. The maximum absolute atomic E-state index is 12.4. The van der Waals surface area contributed by atoms with Gasteiger partial charge in [-0.2, -0.15) is 22.8 Å². The zero-order valence-electron chi connectivity index (χ0n) is 9.25. The molecule has 8 heteroatoms. The molecule has 1 rings (SSSR count). The van der Waals surface area contributed by atoms with E-state index in [0.717, 1.165) is 16.4 Å². The van der Waals surface area contributed by atoms with Gasteiger partial charge in [-0.1, -0.05) is 0 Å². The van der Waals surface area contributed by atoms with Crippen molar-refractivity contribution in [2.75, 3.05) is 17.2 Å². The summed E-state index contributed by atoms with van der Waals surface area (Å²) in [4.78, 5) is 1.08. The summed E-state index contributed by atoms with van der Waals surface area (Å²) in [5, 5.41) is 9.01. The molecule has 0 amide bonds. The van der Waals surface area contributed by atoms with Crippen LogP contribution in [0.4, 0.5) is 24.0 Å². The molecule has 0 aliphatic heterocycles. The number of alkyl halides is 3. The Kier molecular flexibility index (Phi) is 3.83. The van der Waals surface area contributed by atoms with E-state index in [4.69, 9.17) is 11.0 Å². The molecule has 0 saturated heterocycles. The molecule has 0 radical (unpaired) electrons. The van der Waals surface area contributed by atoms with Crippen LogP contribution in [0.5, 0.6) is 0 Å². The summed E-state index contributed by atoms with van der Waals surface area (Å²) in [5.74, 6) is -0.0275. The second-order valence-corrected chi connectivity index (χ2v) is 4.45. The van der Waals surface area contributed by atoms with Crippen molar-refractivity contribution < 1.29 is 13.2 Å². The third-order valence-electron chi connectivity index (χ3n) is 2.05. The minimum absolute atomic E-state index is 0.00736. The first-order chi connectivity index (χ1) is 7.76. The first-order valence-corrected chi connectivity index (χ1v) is 5.52. The maximum Gasteiger partial charge on any atom is 0.405 e. The standard InChI is InChI=1S/C9H11F3N4S/c1-5(2)16(4-9(10,11)12)8-6(3-13)7(14)15-17-8/h5H,4H2,1-2H3,(H2,14,15). The molecule has 0 saturated carbocycles. The van der Waals surface area contributed by atoms with Crippen molar-refractivity contribution in [2.24, 2.45) is 0 Å². The predicted octanol–water partition coefficient (Wildman–Crippen LogP) is 2.37. The highest BCUT2D eigenvalue weighted by Gasteiger charge is 2.34. The fraction of sp³-hybridized carbons (Fsp3) is 0.556. The first-order valence-electron chi connectivity index (χ1n) is 4.75. The molecule has 0 aromatic carbocycles. The summed E-state index contributed by atoms with van der Waals surface area (Å²) in [6, 6.07) is 1.38. The van der Waals surface area contributed by atoms with Crippen molar-refractivity contribution in [1.82, 2.24) is 4.37 Å². The van der Waals surface area contributed by atoms with Crippen LogP contribution in [-0.2, 0) is 0 Å². The van der Waals surface area contributed by atoms with Gasteiger partial charge in [0.15, 0.2) is 5.82 Å². The number of anilines is 2. The second kappa shape index (κ2) is 4.79. The normalized spacial score (nSPS) is 11.6. The highest BCUT2D eigenvalue weighted by atomic mass is 32.1. The van der Waals surface area contributed by atoms with E-state index in [0.29, 0.717) is 0 Å². The lowest BCUT2D eigenvalue weighted by Gasteiger charge is -2.28. The van der Waals surface area contributed by atoms with Gasteiger partial charge < -0.3 is 10.6 Å². The highest BCUT2D eigenvalue weighted by Crippen LogP contribution is 2.33. The van der Waals surface area contributed by atoms with Crippen molar-refractivity contribution in [2.45, 2.75) is 26.1 Å².